The summed E-state index contributed by atoms with van der Waals surface area (Å²) in [5.74, 6) is 0.800. The zero-order valence-electron chi connectivity index (χ0n) is 14.2. The highest BCUT2D eigenvalue weighted by Gasteiger charge is 2.07. The number of ketones is 1. The van der Waals surface area contributed by atoms with E-state index in [0.717, 1.165) is 22.8 Å². The number of carbonyl (C=O) groups excluding carboxylic acids is 1. The van der Waals surface area contributed by atoms with E-state index < -0.39 is 0 Å². The van der Waals surface area contributed by atoms with E-state index >= 15 is 0 Å². The number of imidazole rings is 1. The topological polar surface area (TPSA) is 45.8 Å². The largest absolute Gasteiger partial charge is 0.338 e. The molecule has 118 valence electrons. The fourth-order valence-corrected chi connectivity index (χ4v) is 1.71. The summed E-state index contributed by atoms with van der Waals surface area (Å²) in [4.78, 5) is 18.8. The molecule has 0 aliphatic rings. The van der Waals surface area contributed by atoms with Gasteiger partial charge in [0.2, 0.25) is 0 Å². The summed E-state index contributed by atoms with van der Waals surface area (Å²) >= 11 is 0. The molecule has 0 bridgehead atoms. The first-order valence-corrected chi connectivity index (χ1v) is 7.62. The number of H-pyrrole nitrogens is 1. The van der Waals surface area contributed by atoms with Gasteiger partial charge in [0.1, 0.15) is 5.82 Å². The van der Waals surface area contributed by atoms with Gasteiger partial charge < -0.3 is 4.98 Å². The summed E-state index contributed by atoms with van der Waals surface area (Å²) in [6.07, 6.45) is 3.39. The molecule has 0 radical (unpaired) electrons. The second-order valence-corrected chi connectivity index (χ2v) is 3.93. The van der Waals surface area contributed by atoms with Gasteiger partial charge in [-0.15, -0.1) is 0 Å². The Bertz CT molecular complexity index is 581. The van der Waals surface area contributed by atoms with Crippen molar-refractivity contribution in [3.05, 3.63) is 54.4 Å². The Kier molecular flexibility index (Phi) is 9.19. The zero-order chi connectivity index (χ0) is 17.1. The number of hydrogen-bond acceptors (Lipinski definition) is 2. The summed E-state index contributed by atoms with van der Waals surface area (Å²) in [5, 5.41) is 0. The lowest BCUT2D eigenvalue weighted by Crippen LogP contribution is -1.91. The highest BCUT2D eigenvalue weighted by Crippen LogP contribution is 2.20. The van der Waals surface area contributed by atoms with Crippen LogP contribution in [0.1, 0.15) is 56.4 Å². The van der Waals surface area contributed by atoms with Crippen LogP contribution in [0.3, 0.4) is 0 Å². The molecule has 0 fully saturated rings. The maximum absolute atomic E-state index is 11.2. The smallest absolute Gasteiger partial charge is 0.159 e. The Balaban J connectivity index is 0.00000102. The van der Waals surface area contributed by atoms with Crippen molar-refractivity contribution >= 4 is 17.9 Å². The van der Waals surface area contributed by atoms with Crippen LogP contribution in [0.5, 0.6) is 0 Å². The zero-order valence-corrected chi connectivity index (χ0v) is 14.2. The lowest BCUT2D eigenvalue weighted by Gasteiger charge is -1.98. The van der Waals surface area contributed by atoms with E-state index in [1.165, 1.54) is 0 Å². The van der Waals surface area contributed by atoms with Gasteiger partial charge in [0.05, 0.1) is 11.4 Å². The van der Waals surface area contributed by atoms with Crippen LogP contribution in [0.4, 0.5) is 0 Å². The Morgan fingerprint density at radius 3 is 1.95 bits per heavy atom. The van der Waals surface area contributed by atoms with Crippen LogP contribution in [0.2, 0.25) is 0 Å². The third-order valence-corrected chi connectivity index (χ3v) is 2.72. The maximum Gasteiger partial charge on any atom is 0.159 e. The third kappa shape index (κ3) is 4.85. The van der Waals surface area contributed by atoms with Crippen LogP contribution in [-0.2, 0) is 0 Å². The molecule has 1 aromatic carbocycles. The van der Waals surface area contributed by atoms with Gasteiger partial charge in [0.15, 0.2) is 5.78 Å². The van der Waals surface area contributed by atoms with Gasteiger partial charge in [-0.2, -0.15) is 0 Å². The summed E-state index contributed by atoms with van der Waals surface area (Å²) in [6.45, 7) is 17.0. The Hall–Kier alpha value is -2.42. The SMILES string of the molecule is C=Cc1nc(-c2ccc(C(C)=O)cc2)[nH]c1C=C.CC.CC. The van der Waals surface area contributed by atoms with Gasteiger partial charge in [0, 0.05) is 11.1 Å². The molecule has 0 saturated heterocycles. The number of aromatic amines is 1. The van der Waals surface area contributed by atoms with Crippen molar-refractivity contribution in [1.82, 2.24) is 9.97 Å². The minimum atomic E-state index is 0.0551. The lowest BCUT2D eigenvalue weighted by molar-refractivity contribution is 0.101. The minimum Gasteiger partial charge on any atom is -0.338 e. The number of nitrogens with one attached hydrogen (secondary N) is 1. The number of carbonyl (C=O) groups is 1. The highest BCUT2D eigenvalue weighted by atomic mass is 16.1. The molecule has 2 rings (SSSR count). The fourth-order valence-electron chi connectivity index (χ4n) is 1.71. The molecule has 0 aliphatic carbocycles. The van der Waals surface area contributed by atoms with Gasteiger partial charge in [-0.05, 0) is 19.1 Å². The Morgan fingerprint density at radius 2 is 1.59 bits per heavy atom. The maximum atomic E-state index is 11.2. The van der Waals surface area contributed by atoms with Crippen LogP contribution in [0.15, 0.2) is 37.4 Å². The minimum absolute atomic E-state index is 0.0551. The quantitative estimate of drug-likeness (QED) is 0.745. The van der Waals surface area contributed by atoms with E-state index in [9.17, 15) is 4.79 Å². The number of nitrogens with zero attached hydrogens (tertiary/aromatic N) is 1. The first-order valence-electron chi connectivity index (χ1n) is 7.62. The van der Waals surface area contributed by atoms with Crippen molar-refractivity contribution in [2.75, 3.05) is 0 Å². The van der Waals surface area contributed by atoms with Crippen LogP contribution >= 0.6 is 0 Å². The molecule has 22 heavy (non-hydrogen) atoms. The molecule has 1 heterocycles. The van der Waals surface area contributed by atoms with Crippen molar-refractivity contribution in [3.63, 3.8) is 0 Å². The molecule has 0 aliphatic heterocycles. The predicted octanol–water partition coefficient (Wildman–Crippen LogP) is 5.62. The van der Waals surface area contributed by atoms with Gasteiger partial charge in [-0.1, -0.05) is 65.1 Å². The van der Waals surface area contributed by atoms with E-state index in [1.54, 1.807) is 31.2 Å². The van der Waals surface area contributed by atoms with Gasteiger partial charge >= 0.3 is 0 Å². The molecule has 0 amide bonds. The molecule has 1 aromatic heterocycles. The van der Waals surface area contributed by atoms with Gasteiger partial charge in [0.25, 0.3) is 0 Å². The Labute approximate surface area is 133 Å². The summed E-state index contributed by atoms with van der Waals surface area (Å²) in [5.41, 5.74) is 3.24. The highest BCUT2D eigenvalue weighted by molar-refractivity contribution is 5.94. The number of benzene rings is 1. The average Bonchev–Trinajstić information content (AvgIpc) is 3.02. The van der Waals surface area contributed by atoms with Gasteiger partial charge in [-0.3, -0.25) is 4.79 Å². The molecule has 0 saturated carbocycles. The molecular weight excluding hydrogens is 272 g/mol. The van der Waals surface area contributed by atoms with Crippen molar-refractivity contribution in [1.29, 1.82) is 0 Å². The molecule has 3 nitrogen and oxygen atoms in total. The summed E-state index contributed by atoms with van der Waals surface area (Å²) < 4.78 is 0. The monoisotopic (exact) mass is 298 g/mol. The molecule has 2 aromatic rings. The van der Waals surface area contributed by atoms with Crippen molar-refractivity contribution in [3.8, 4) is 11.4 Å². The molecular formula is C19H26N2O. The standard InChI is InChI=1S/C15H14N2O.2C2H6/c1-4-13-14(5-2)17-15(16-13)12-8-6-11(7-9-12)10(3)18;2*1-2/h4-9H,1-2H2,3H3,(H,16,17);2*1-2H3. The number of Topliss-reactive ketones (excluding diaryl/α,β-unsaturated/α-hetero) is 1. The Morgan fingerprint density at radius 1 is 1.05 bits per heavy atom. The molecule has 0 unspecified atom stereocenters. The molecule has 3 heteroatoms. The van der Waals surface area contributed by atoms with Crippen molar-refractivity contribution in [2.24, 2.45) is 0 Å². The van der Waals surface area contributed by atoms with Crippen molar-refractivity contribution in [2.45, 2.75) is 34.6 Å². The lowest BCUT2D eigenvalue weighted by atomic mass is 10.1. The molecule has 1 N–H and O–H groups in total. The number of rotatable bonds is 4. The van der Waals surface area contributed by atoms with E-state index in [-0.39, 0.29) is 5.78 Å². The normalized spacial score (nSPS) is 8.77. The van der Waals surface area contributed by atoms with Crippen LogP contribution in [0, 0.1) is 0 Å². The van der Waals surface area contributed by atoms with E-state index in [4.69, 9.17) is 0 Å². The second kappa shape index (κ2) is 10.3. The molecule has 0 atom stereocenters. The summed E-state index contributed by atoms with van der Waals surface area (Å²) in [7, 11) is 0. The van der Waals surface area contributed by atoms with Crippen LogP contribution in [0.25, 0.3) is 23.5 Å². The van der Waals surface area contributed by atoms with Crippen LogP contribution in [-0.4, -0.2) is 15.8 Å². The average molecular weight is 298 g/mol. The second-order valence-electron chi connectivity index (χ2n) is 3.93. The first kappa shape index (κ1) is 19.6. The van der Waals surface area contributed by atoms with Crippen LogP contribution < -0.4 is 0 Å². The fraction of sp³-hybridized carbons (Fsp3) is 0.263. The number of hydrogen-bond donors (Lipinski definition) is 1. The first-order chi connectivity index (χ1) is 10.7. The summed E-state index contributed by atoms with van der Waals surface area (Å²) in [6, 6.07) is 7.33. The van der Waals surface area contributed by atoms with Crippen molar-refractivity contribution < 1.29 is 4.79 Å². The van der Waals surface area contributed by atoms with Gasteiger partial charge in [-0.25, -0.2) is 4.98 Å². The predicted molar refractivity (Wildman–Crippen MR) is 96.9 cm³/mol. The third-order valence-electron chi connectivity index (χ3n) is 2.72. The number of aromatic nitrogens is 2. The van der Waals surface area contributed by atoms with E-state index in [1.807, 2.05) is 39.8 Å². The van der Waals surface area contributed by atoms with E-state index in [2.05, 4.69) is 23.1 Å². The molecule has 0 spiro atoms. The van der Waals surface area contributed by atoms with E-state index in [0.29, 0.717) is 5.56 Å².